The van der Waals surface area contributed by atoms with Gasteiger partial charge in [0.2, 0.25) is 11.9 Å². The van der Waals surface area contributed by atoms with Crippen molar-refractivity contribution in [1.29, 1.82) is 0 Å². The molecule has 2 aromatic carbocycles. The number of nitrogens with zero attached hydrogens (tertiary/aromatic N) is 5. The van der Waals surface area contributed by atoms with Gasteiger partial charge >= 0.3 is 0 Å². The van der Waals surface area contributed by atoms with Crippen LogP contribution in [-0.2, 0) is 11.2 Å². The van der Waals surface area contributed by atoms with Gasteiger partial charge in [0.25, 0.3) is 0 Å². The molecule has 2 aromatic heterocycles. The van der Waals surface area contributed by atoms with Crippen molar-refractivity contribution in [3.8, 4) is 0 Å². The number of amides is 1. The normalized spacial score (nSPS) is 20.3. The first-order valence-electron chi connectivity index (χ1n) is 14.6. The van der Waals surface area contributed by atoms with Crippen LogP contribution in [0.25, 0.3) is 10.9 Å². The van der Waals surface area contributed by atoms with Gasteiger partial charge in [-0.2, -0.15) is 10.1 Å². The third-order valence-corrected chi connectivity index (χ3v) is 8.09. The van der Waals surface area contributed by atoms with Crippen molar-refractivity contribution >= 4 is 40.0 Å². The van der Waals surface area contributed by atoms with Crippen LogP contribution in [0.2, 0.25) is 0 Å². The van der Waals surface area contributed by atoms with Crippen LogP contribution in [0.1, 0.15) is 56.8 Å². The number of carbonyl (C=O) groups excluding carboxylic acids is 1. The lowest BCUT2D eigenvalue weighted by atomic mass is 9.96. The predicted octanol–water partition coefficient (Wildman–Crippen LogP) is 4.57. The highest BCUT2D eigenvalue weighted by Crippen LogP contribution is 2.37. The Morgan fingerprint density at radius 2 is 2.02 bits per heavy atom. The Morgan fingerprint density at radius 1 is 1.17 bits per heavy atom. The Balaban J connectivity index is 1.33. The maximum Gasteiger partial charge on any atom is 0.229 e. The van der Waals surface area contributed by atoms with Crippen molar-refractivity contribution < 1.29 is 9.90 Å². The van der Waals surface area contributed by atoms with Gasteiger partial charge in [-0.05, 0) is 62.9 Å². The van der Waals surface area contributed by atoms with Gasteiger partial charge in [-0.15, -0.1) is 0 Å². The van der Waals surface area contributed by atoms with E-state index < -0.39 is 6.10 Å². The lowest BCUT2D eigenvalue weighted by Crippen LogP contribution is -2.43. The first-order chi connectivity index (χ1) is 19.9. The molecular formula is C31H38N8O2. The number of aliphatic hydroxyl groups is 1. The fourth-order valence-electron chi connectivity index (χ4n) is 6.05. The quantitative estimate of drug-likeness (QED) is 0.250. The summed E-state index contributed by atoms with van der Waals surface area (Å²) in [5, 5.41) is 26.5. The maximum absolute atomic E-state index is 12.7. The molecule has 10 heteroatoms. The van der Waals surface area contributed by atoms with E-state index in [4.69, 9.17) is 4.98 Å². The van der Waals surface area contributed by atoms with Crippen LogP contribution in [0.15, 0.2) is 54.9 Å². The summed E-state index contributed by atoms with van der Waals surface area (Å²) in [6, 6.07) is 14.2. The van der Waals surface area contributed by atoms with Gasteiger partial charge in [0.1, 0.15) is 0 Å². The van der Waals surface area contributed by atoms with Gasteiger partial charge in [0.15, 0.2) is 5.82 Å². The molecule has 1 fully saturated rings. The molecule has 1 aliphatic heterocycles. The minimum Gasteiger partial charge on any atom is -0.390 e. The smallest absolute Gasteiger partial charge is 0.229 e. The van der Waals surface area contributed by atoms with E-state index in [9.17, 15) is 9.90 Å². The van der Waals surface area contributed by atoms with Crippen molar-refractivity contribution in [2.75, 3.05) is 35.2 Å². The Morgan fingerprint density at radius 3 is 2.85 bits per heavy atom. The number of rotatable bonds is 8. The predicted molar refractivity (Wildman–Crippen MR) is 162 cm³/mol. The molecule has 214 valence electrons. The lowest BCUT2D eigenvalue weighted by molar-refractivity contribution is -0.125. The van der Waals surface area contributed by atoms with Crippen molar-refractivity contribution in [2.45, 2.75) is 58.2 Å². The first kappa shape index (κ1) is 27.0. The van der Waals surface area contributed by atoms with E-state index in [0.29, 0.717) is 31.3 Å². The summed E-state index contributed by atoms with van der Waals surface area (Å²) in [5.74, 6) is 1.07. The molecule has 41 heavy (non-hydrogen) atoms. The maximum atomic E-state index is 12.7. The molecule has 4 N–H and O–H groups in total. The number of aromatic nitrogens is 4. The van der Waals surface area contributed by atoms with Crippen LogP contribution in [0, 0.1) is 5.92 Å². The largest absolute Gasteiger partial charge is 0.390 e. The summed E-state index contributed by atoms with van der Waals surface area (Å²) in [4.78, 5) is 24.5. The monoisotopic (exact) mass is 554 g/mol. The summed E-state index contributed by atoms with van der Waals surface area (Å²) in [5.41, 5.74) is 4.94. The third kappa shape index (κ3) is 5.44. The van der Waals surface area contributed by atoms with Crippen molar-refractivity contribution in [3.05, 3.63) is 66.0 Å². The standard InChI is InChI=1S/C31H38N8O2/c1-4-32-30(41)22-9-7-13-38(18-22)26-17-33-31(35-23-12-11-21-16-34-39(19(2)3)25(21)15-23)37-29(26)36-28-24-10-6-5-8-20(24)14-27(28)40/h5-6,8,10-12,15-17,19,22,27-28,40H,4,7,9,13-14,18H2,1-3H3,(H,32,41)(H2,33,35,36,37)/t22-,27+,28?/m0/s1. The van der Waals surface area contributed by atoms with Crippen LogP contribution >= 0.6 is 0 Å². The van der Waals surface area contributed by atoms with Gasteiger partial charge in [-0.25, -0.2) is 4.98 Å². The number of nitrogens with one attached hydrogen (secondary N) is 3. The van der Waals surface area contributed by atoms with E-state index in [1.807, 2.05) is 48.3 Å². The zero-order valence-corrected chi connectivity index (χ0v) is 23.8. The highest BCUT2D eigenvalue weighted by atomic mass is 16.3. The number of benzene rings is 2. The highest BCUT2D eigenvalue weighted by Gasteiger charge is 2.33. The molecule has 0 spiro atoms. The Labute approximate surface area is 240 Å². The molecular weight excluding hydrogens is 516 g/mol. The van der Waals surface area contributed by atoms with Gasteiger partial charge in [0.05, 0.1) is 41.7 Å². The average molecular weight is 555 g/mol. The number of piperidine rings is 1. The van der Waals surface area contributed by atoms with Crippen LogP contribution in [0.5, 0.6) is 0 Å². The summed E-state index contributed by atoms with van der Waals surface area (Å²) in [6.07, 6.45) is 5.47. The molecule has 4 aromatic rings. The zero-order chi connectivity index (χ0) is 28.5. The van der Waals surface area contributed by atoms with Crippen LogP contribution in [0.3, 0.4) is 0 Å². The molecule has 1 unspecified atom stereocenters. The molecule has 3 heterocycles. The average Bonchev–Trinajstić information content (AvgIpc) is 3.54. The number of aliphatic hydroxyl groups excluding tert-OH is 1. The second-order valence-electron chi connectivity index (χ2n) is 11.3. The molecule has 1 amide bonds. The number of hydrogen-bond acceptors (Lipinski definition) is 8. The van der Waals surface area contributed by atoms with Crippen LogP contribution < -0.4 is 20.9 Å². The second kappa shape index (κ2) is 11.4. The number of fused-ring (bicyclic) bond motifs is 2. The van der Waals surface area contributed by atoms with Gasteiger partial charge in [0, 0.05) is 43.2 Å². The summed E-state index contributed by atoms with van der Waals surface area (Å²) < 4.78 is 2.00. The topological polar surface area (TPSA) is 120 Å². The van der Waals surface area contributed by atoms with Gasteiger partial charge in [-0.3, -0.25) is 9.48 Å². The van der Waals surface area contributed by atoms with Crippen LogP contribution in [-0.4, -0.2) is 56.5 Å². The summed E-state index contributed by atoms with van der Waals surface area (Å²) >= 11 is 0. The fraction of sp³-hybridized carbons (Fsp3) is 0.419. The molecule has 6 rings (SSSR count). The van der Waals surface area contributed by atoms with Crippen molar-refractivity contribution in [1.82, 2.24) is 25.1 Å². The Hall–Kier alpha value is -4.18. The first-order valence-corrected chi connectivity index (χ1v) is 14.6. The molecule has 1 aliphatic carbocycles. The van der Waals surface area contributed by atoms with Crippen molar-refractivity contribution in [3.63, 3.8) is 0 Å². The third-order valence-electron chi connectivity index (χ3n) is 8.09. The number of carbonyl (C=O) groups is 1. The molecule has 1 saturated heterocycles. The van der Waals surface area contributed by atoms with E-state index in [1.54, 1.807) is 0 Å². The minimum absolute atomic E-state index is 0.0853. The van der Waals surface area contributed by atoms with E-state index in [0.717, 1.165) is 52.8 Å². The zero-order valence-electron chi connectivity index (χ0n) is 23.8. The van der Waals surface area contributed by atoms with Gasteiger partial charge < -0.3 is 26.0 Å². The van der Waals surface area contributed by atoms with E-state index in [-0.39, 0.29) is 23.9 Å². The minimum atomic E-state index is -0.574. The van der Waals surface area contributed by atoms with E-state index in [2.05, 4.69) is 63.0 Å². The van der Waals surface area contributed by atoms with Crippen molar-refractivity contribution in [2.24, 2.45) is 5.92 Å². The molecule has 3 atom stereocenters. The van der Waals surface area contributed by atoms with E-state index >= 15 is 0 Å². The number of anilines is 4. The molecule has 10 nitrogen and oxygen atoms in total. The fourth-order valence-corrected chi connectivity index (χ4v) is 6.05. The van der Waals surface area contributed by atoms with Crippen LogP contribution in [0.4, 0.5) is 23.1 Å². The second-order valence-corrected chi connectivity index (χ2v) is 11.3. The summed E-state index contributed by atoms with van der Waals surface area (Å²) in [6.45, 7) is 8.18. The Kier molecular flexibility index (Phi) is 7.49. The SMILES string of the molecule is CCNC(=O)[C@H]1CCCN(c2cnc(Nc3ccc4cnn(C(C)C)c4c3)nc2NC2c3ccccc3C[C@H]2O)C1. The van der Waals surface area contributed by atoms with Gasteiger partial charge in [-0.1, -0.05) is 24.3 Å². The molecule has 0 saturated carbocycles. The highest BCUT2D eigenvalue weighted by molar-refractivity contribution is 5.83. The molecule has 0 radical (unpaired) electrons. The lowest BCUT2D eigenvalue weighted by Gasteiger charge is -2.35. The number of hydrogen-bond donors (Lipinski definition) is 4. The Bertz CT molecular complexity index is 1550. The van der Waals surface area contributed by atoms with E-state index in [1.165, 1.54) is 0 Å². The summed E-state index contributed by atoms with van der Waals surface area (Å²) in [7, 11) is 0. The molecule has 0 bridgehead atoms. The molecule has 2 aliphatic rings.